The van der Waals surface area contributed by atoms with Gasteiger partial charge >= 0.3 is 5.97 Å². The van der Waals surface area contributed by atoms with Gasteiger partial charge in [0.2, 0.25) is 10.0 Å². The van der Waals surface area contributed by atoms with Crippen molar-refractivity contribution in [1.29, 1.82) is 0 Å². The zero-order valence-electron chi connectivity index (χ0n) is 15.1. The number of carboxylic acids is 1. The number of aromatic carboxylic acids is 1. The third kappa shape index (κ3) is 3.65. The van der Waals surface area contributed by atoms with E-state index in [2.05, 4.69) is 0 Å². The molecule has 2 heterocycles. The molecule has 1 N–H and O–H groups in total. The number of hydrogen-bond donors (Lipinski definition) is 1. The van der Waals surface area contributed by atoms with Crippen LogP contribution < -0.4 is 0 Å². The lowest BCUT2D eigenvalue weighted by Gasteiger charge is -2.13. The van der Waals surface area contributed by atoms with Crippen molar-refractivity contribution in [2.24, 2.45) is 0 Å². The van der Waals surface area contributed by atoms with Crippen molar-refractivity contribution in [2.75, 3.05) is 21.1 Å². The van der Waals surface area contributed by atoms with Crippen LogP contribution in [0.5, 0.6) is 0 Å². The van der Waals surface area contributed by atoms with Gasteiger partial charge < -0.3 is 18.8 Å². The van der Waals surface area contributed by atoms with Crippen LogP contribution in [-0.4, -0.2) is 55.7 Å². The van der Waals surface area contributed by atoms with Gasteiger partial charge in [0.25, 0.3) is 5.91 Å². The van der Waals surface area contributed by atoms with E-state index in [9.17, 15) is 18.0 Å². The molecule has 142 valence electrons. The first kappa shape index (κ1) is 19.7. The van der Waals surface area contributed by atoms with Gasteiger partial charge in [-0.1, -0.05) is 0 Å². The summed E-state index contributed by atoms with van der Waals surface area (Å²) in [6.07, 6.45) is 0. The van der Waals surface area contributed by atoms with Crippen molar-refractivity contribution in [2.45, 2.75) is 25.3 Å². The van der Waals surface area contributed by atoms with Crippen LogP contribution in [0.4, 0.5) is 0 Å². The van der Waals surface area contributed by atoms with Crippen molar-refractivity contribution in [1.82, 2.24) is 9.21 Å². The number of furan rings is 2. The van der Waals surface area contributed by atoms with E-state index in [4.69, 9.17) is 13.9 Å². The highest BCUT2D eigenvalue weighted by Crippen LogP contribution is 2.24. The first-order valence-corrected chi connectivity index (χ1v) is 9.00. The average Bonchev–Trinajstić information content (AvgIpc) is 3.09. The molecule has 0 fully saturated rings. The number of aryl methyl sites for hydroxylation is 2. The maximum Gasteiger partial charge on any atom is 0.339 e. The molecule has 26 heavy (non-hydrogen) atoms. The van der Waals surface area contributed by atoms with Gasteiger partial charge in [0, 0.05) is 27.2 Å². The monoisotopic (exact) mass is 384 g/mol. The number of rotatable bonds is 6. The van der Waals surface area contributed by atoms with Crippen molar-refractivity contribution in [3.05, 3.63) is 40.7 Å². The molecular weight excluding hydrogens is 364 g/mol. The Hall–Kier alpha value is -2.59. The second kappa shape index (κ2) is 6.96. The largest absolute Gasteiger partial charge is 0.478 e. The predicted octanol–water partition coefficient (Wildman–Crippen LogP) is 1.71. The van der Waals surface area contributed by atoms with Gasteiger partial charge in [-0.25, -0.2) is 17.5 Å². The fraction of sp³-hybridized carbons (Fsp3) is 0.375. The summed E-state index contributed by atoms with van der Waals surface area (Å²) in [7, 11) is 0.506. The maximum absolute atomic E-state index is 12.5. The highest BCUT2D eigenvalue weighted by molar-refractivity contribution is 7.89. The third-order valence-electron chi connectivity index (χ3n) is 3.78. The molecular formula is C16H20N2O7S. The fourth-order valence-electron chi connectivity index (χ4n) is 2.35. The molecule has 1 amide bonds. The molecule has 2 aromatic heterocycles. The highest BCUT2D eigenvalue weighted by atomic mass is 32.2. The van der Waals surface area contributed by atoms with Crippen molar-refractivity contribution >= 4 is 21.9 Å². The standard InChI is InChI=1S/C16H20N2O7S/c1-9-12(16(20)21)6-11(24-9)8-18(5)15(19)13-7-14(10(2)25-13)26(22,23)17(3)4/h6-7H,8H2,1-5H3,(H,20,21). The van der Waals surface area contributed by atoms with E-state index in [1.165, 1.54) is 52.0 Å². The van der Waals surface area contributed by atoms with E-state index < -0.39 is 21.9 Å². The van der Waals surface area contributed by atoms with E-state index in [-0.39, 0.29) is 34.3 Å². The maximum atomic E-state index is 12.5. The molecule has 0 atom stereocenters. The van der Waals surface area contributed by atoms with Crippen LogP contribution in [-0.2, 0) is 16.6 Å². The Morgan fingerprint density at radius 2 is 1.69 bits per heavy atom. The van der Waals surface area contributed by atoms with Crippen LogP contribution in [0.1, 0.15) is 38.2 Å². The Morgan fingerprint density at radius 1 is 1.08 bits per heavy atom. The van der Waals surface area contributed by atoms with Gasteiger partial charge in [-0.05, 0) is 19.9 Å². The Balaban J connectivity index is 2.24. The van der Waals surface area contributed by atoms with Crippen LogP contribution in [0.3, 0.4) is 0 Å². The Morgan fingerprint density at radius 3 is 2.19 bits per heavy atom. The number of carbonyl (C=O) groups excluding carboxylic acids is 1. The molecule has 0 aliphatic heterocycles. The molecule has 9 nitrogen and oxygen atoms in total. The lowest BCUT2D eigenvalue weighted by atomic mass is 10.2. The summed E-state index contributed by atoms with van der Waals surface area (Å²) < 4.78 is 36.1. The molecule has 0 aliphatic rings. The van der Waals surface area contributed by atoms with Gasteiger partial charge in [-0.15, -0.1) is 0 Å². The molecule has 0 radical (unpaired) electrons. The topological polar surface area (TPSA) is 121 Å². The predicted molar refractivity (Wildman–Crippen MR) is 90.5 cm³/mol. The normalized spacial score (nSPS) is 11.8. The quantitative estimate of drug-likeness (QED) is 0.804. The minimum atomic E-state index is -3.73. The van der Waals surface area contributed by atoms with Crippen LogP contribution in [0, 0.1) is 13.8 Å². The van der Waals surface area contributed by atoms with Gasteiger partial charge in [0.05, 0.1) is 6.54 Å². The number of carboxylic acid groups (broad SMARTS) is 1. The summed E-state index contributed by atoms with van der Waals surface area (Å²) >= 11 is 0. The first-order chi connectivity index (χ1) is 11.9. The first-order valence-electron chi connectivity index (χ1n) is 7.56. The summed E-state index contributed by atoms with van der Waals surface area (Å²) in [6, 6.07) is 2.52. The summed E-state index contributed by atoms with van der Waals surface area (Å²) in [5.74, 6) is -1.17. The highest BCUT2D eigenvalue weighted by Gasteiger charge is 2.27. The Bertz CT molecular complexity index is 953. The molecule has 0 unspecified atom stereocenters. The van der Waals surface area contributed by atoms with Gasteiger partial charge in [0.15, 0.2) is 5.76 Å². The number of carbonyl (C=O) groups is 2. The molecule has 0 bridgehead atoms. The van der Waals surface area contributed by atoms with Gasteiger partial charge in [0.1, 0.15) is 27.7 Å². The van der Waals surface area contributed by atoms with E-state index >= 15 is 0 Å². The zero-order chi connectivity index (χ0) is 19.8. The van der Waals surface area contributed by atoms with Crippen molar-refractivity contribution in [3.8, 4) is 0 Å². The van der Waals surface area contributed by atoms with Crippen molar-refractivity contribution in [3.63, 3.8) is 0 Å². The number of hydrogen-bond acceptors (Lipinski definition) is 6. The lowest BCUT2D eigenvalue weighted by Crippen LogP contribution is -2.25. The summed E-state index contributed by atoms with van der Waals surface area (Å²) in [5.41, 5.74) is 0.0223. The van der Waals surface area contributed by atoms with Crippen LogP contribution in [0.2, 0.25) is 0 Å². The zero-order valence-corrected chi connectivity index (χ0v) is 15.9. The molecule has 0 aliphatic carbocycles. The van der Waals surface area contributed by atoms with Crippen LogP contribution >= 0.6 is 0 Å². The van der Waals surface area contributed by atoms with Crippen LogP contribution in [0.25, 0.3) is 0 Å². The molecule has 0 aromatic carbocycles. The summed E-state index contributed by atoms with van der Waals surface area (Å²) in [6.45, 7) is 2.98. The fourth-order valence-corrected chi connectivity index (χ4v) is 3.41. The average molecular weight is 384 g/mol. The van der Waals surface area contributed by atoms with Crippen LogP contribution in [0.15, 0.2) is 25.9 Å². The second-order valence-electron chi connectivity index (χ2n) is 5.97. The third-order valence-corrected chi connectivity index (χ3v) is 5.70. The van der Waals surface area contributed by atoms with E-state index in [1.54, 1.807) is 0 Å². The van der Waals surface area contributed by atoms with E-state index in [1.807, 2.05) is 0 Å². The molecule has 0 saturated heterocycles. The Kier molecular flexibility index (Phi) is 5.28. The van der Waals surface area contributed by atoms with Gasteiger partial charge in [-0.3, -0.25) is 4.79 Å². The molecule has 2 rings (SSSR count). The van der Waals surface area contributed by atoms with E-state index in [0.717, 1.165) is 4.31 Å². The summed E-state index contributed by atoms with van der Waals surface area (Å²) in [4.78, 5) is 24.7. The smallest absolute Gasteiger partial charge is 0.339 e. The van der Waals surface area contributed by atoms with Crippen molar-refractivity contribution < 1.29 is 31.9 Å². The molecule has 0 saturated carbocycles. The Labute approximate surface area is 150 Å². The minimum Gasteiger partial charge on any atom is -0.478 e. The molecule has 0 spiro atoms. The van der Waals surface area contributed by atoms with E-state index in [0.29, 0.717) is 5.76 Å². The number of nitrogens with zero attached hydrogens (tertiary/aromatic N) is 2. The minimum absolute atomic E-state index is 0.00245. The SMILES string of the molecule is Cc1oc(CN(C)C(=O)c2cc(S(=O)(=O)N(C)C)c(C)o2)cc1C(=O)O. The number of sulfonamides is 1. The van der Waals surface area contributed by atoms with Gasteiger partial charge in [-0.2, -0.15) is 0 Å². The summed E-state index contributed by atoms with van der Waals surface area (Å²) in [5, 5.41) is 9.04. The number of amides is 1. The lowest BCUT2D eigenvalue weighted by molar-refractivity contribution is 0.0693. The second-order valence-corrected chi connectivity index (χ2v) is 8.09. The molecule has 10 heteroatoms. The molecule has 2 aromatic rings.